The maximum absolute atomic E-state index is 13.9. The molecule has 108 valence electrons. The first-order chi connectivity index (χ1) is 9.29. The van der Waals surface area contributed by atoms with E-state index in [0.29, 0.717) is 4.34 Å². The summed E-state index contributed by atoms with van der Waals surface area (Å²) < 4.78 is 40.9. The van der Waals surface area contributed by atoms with Gasteiger partial charge in [-0.15, -0.1) is 11.3 Å². The number of nitrogens with one attached hydrogen (secondary N) is 1. The third-order valence-corrected chi connectivity index (χ3v) is 5.58. The molecule has 0 amide bonds. The van der Waals surface area contributed by atoms with Crippen molar-refractivity contribution in [3.05, 3.63) is 43.8 Å². The molecule has 0 aliphatic carbocycles. The fourth-order valence-electron chi connectivity index (χ4n) is 1.47. The summed E-state index contributed by atoms with van der Waals surface area (Å²) in [5, 5.41) is 0. The molecule has 0 bridgehead atoms. The molecule has 0 spiro atoms. The Morgan fingerprint density at radius 3 is 2.70 bits per heavy atom. The second-order valence-corrected chi connectivity index (χ2v) is 8.23. The lowest BCUT2D eigenvalue weighted by Gasteiger charge is -2.09. The van der Waals surface area contributed by atoms with Crippen LogP contribution in [0.15, 0.2) is 33.6 Å². The summed E-state index contributed by atoms with van der Waals surface area (Å²) in [7, 11) is -4.00. The third-order valence-electron chi connectivity index (χ3n) is 2.37. The average molecular weight is 400 g/mol. The highest BCUT2D eigenvalue weighted by molar-refractivity contribution is 9.10. The van der Waals surface area contributed by atoms with Crippen molar-refractivity contribution in [3.8, 4) is 0 Å². The lowest BCUT2D eigenvalue weighted by Crippen LogP contribution is -2.24. The summed E-state index contributed by atoms with van der Waals surface area (Å²) in [4.78, 5) is 0.231. The van der Waals surface area contributed by atoms with Gasteiger partial charge in [0.25, 0.3) is 0 Å². The van der Waals surface area contributed by atoms with Crippen molar-refractivity contribution in [3.63, 3.8) is 0 Å². The van der Waals surface area contributed by atoms with Crippen molar-refractivity contribution in [1.82, 2.24) is 4.72 Å². The number of nitrogens with two attached hydrogens (primary N) is 1. The standard InChI is InChI=1S/C11H9BrClFN2O2S2/c12-8-3-6(15)4-9(11(8)14)20(17,18)16-5-7-1-2-10(13)19-7/h1-4,16H,5,15H2. The number of rotatable bonds is 4. The molecule has 1 heterocycles. The minimum atomic E-state index is -4.00. The Morgan fingerprint density at radius 2 is 2.10 bits per heavy atom. The van der Waals surface area contributed by atoms with Crippen LogP contribution in [0.1, 0.15) is 4.88 Å². The van der Waals surface area contributed by atoms with Gasteiger partial charge in [0, 0.05) is 17.1 Å². The zero-order valence-electron chi connectivity index (χ0n) is 9.86. The van der Waals surface area contributed by atoms with Gasteiger partial charge in [-0.05, 0) is 40.2 Å². The van der Waals surface area contributed by atoms with E-state index < -0.39 is 20.7 Å². The number of sulfonamides is 1. The molecule has 0 fully saturated rings. The van der Waals surface area contributed by atoms with E-state index in [4.69, 9.17) is 17.3 Å². The molecule has 0 aliphatic heterocycles. The van der Waals surface area contributed by atoms with Crippen LogP contribution in [0.25, 0.3) is 0 Å². The average Bonchev–Trinajstić information content (AvgIpc) is 2.77. The Hall–Kier alpha value is -0.670. The number of hydrogen-bond donors (Lipinski definition) is 2. The van der Waals surface area contributed by atoms with Gasteiger partial charge >= 0.3 is 0 Å². The van der Waals surface area contributed by atoms with E-state index in [9.17, 15) is 12.8 Å². The van der Waals surface area contributed by atoms with Gasteiger partial charge in [0.05, 0.1) is 8.81 Å². The molecule has 1 aromatic carbocycles. The van der Waals surface area contributed by atoms with Gasteiger partial charge < -0.3 is 5.73 Å². The number of nitrogen functional groups attached to an aromatic ring is 1. The third kappa shape index (κ3) is 3.50. The fraction of sp³-hybridized carbons (Fsp3) is 0.0909. The van der Waals surface area contributed by atoms with Gasteiger partial charge in [0.1, 0.15) is 4.90 Å². The molecule has 9 heteroatoms. The largest absolute Gasteiger partial charge is 0.399 e. The van der Waals surface area contributed by atoms with Crippen LogP contribution in [0.5, 0.6) is 0 Å². The van der Waals surface area contributed by atoms with Gasteiger partial charge in [0.15, 0.2) is 5.82 Å². The Morgan fingerprint density at radius 1 is 1.40 bits per heavy atom. The van der Waals surface area contributed by atoms with Gasteiger partial charge in [-0.25, -0.2) is 17.5 Å². The number of thiophene rings is 1. The quantitative estimate of drug-likeness (QED) is 0.774. The van der Waals surface area contributed by atoms with Crippen molar-refractivity contribution >= 4 is 54.6 Å². The van der Waals surface area contributed by atoms with Crippen LogP contribution in [-0.4, -0.2) is 8.42 Å². The highest BCUT2D eigenvalue weighted by Gasteiger charge is 2.21. The summed E-state index contributed by atoms with van der Waals surface area (Å²) >= 11 is 9.92. The molecule has 20 heavy (non-hydrogen) atoms. The molecule has 4 nitrogen and oxygen atoms in total. The molecule has 2 aromatic rings. The molecule has 3 N–H and O–H groups in total. The minimum absolute atomic E-state index is 0.00274. The maximum atomic E-state index is 13.9. The van der Waals surface area contributed by atoms with Crippen LogP contribution >= 0.6 is 38.9 Å². The molecular formula is C11H9BrClFN2O2S2. The van der Waals surface area contributed by atoms with Gasteiger partial charge in [-0.1, -0.05) is 11.6 Å². The van der Waals surface area contributed by atoms with E-state index in [-0.39, 0.29) is 16.7 Å². The molecule has 0 radical (unpaired) electrons. The van der Waals surface area contributed by atoms with Crippen LogP contribution in [0.2, 0.25) is 4.34 Å². The van der Waals surface area contributed by atoms with Crippen LogP contribution < -0.4 is 10.5 Å². The Bertz CT molecular complexity index is 749. The maximum Gasteiger partial charge on any atom is 0.243 e. The Labute approximate surface area is 132 Å². The second-order valence-electron chi connectivity index (χ2n) is 3.85. The number of hydrogen-bond acceptors (Lipinski definition) is 4. The summed E-state index contributed by atoms with van der Waals surface area (Å²) in [6.07, 6.45) is 0. The van der Waals surface area contributed by atoms with Crippen molar-refractivity contribution < 1.29 is 12.8 Å². The van der Waals surface area contributed by atoms with Crippen molar-refractivity contribution in [2.24, 2.45) is 0 Å². The van der Waals surface area contributed by atoms with E-state index in [1.165, 1.54) is 17.4 Å². The first-order valence-electron chi connectivity index (χ1n) is 5.28. The highest BCUT2D eigenvalue weighted by atomic mass is 79.9. The molecule has 0 atom stereocenters. The lowest BCUT2D eigenvalue weighted by molar-refractivity contribution is 0.554. The Balaban J connectivity index is 2.27. The summed E-state index contributed by atoms with van der Waals surface area (Å²) in [5.74, 6) is -0.879. The van der Waals surface area contributed by atoms with Crippen LogP contribution in [0.4, 0.5) is 10.1 Å². The summed E-state index contributed by atoms with van der Waals surface area (Å²) in [6, 6.07) is 5.73. The van der Waals surface area contributed by atoms with E-state index in [0.717, 1.165) is 10.9 Å². The zero-order chi connectivity index (χ0) is 14.9. The van der Waals surface area contributed by atoms with Crippen molar-refractivity contribution in [2.75, 3.05) is 5.73 Å². The van der Waals surface area contributed by atoms with Gasteiger partial charge in [0.2, 0.25) is 10.0 Å². The molecule has 0 unspecified atom stereocenters. The normalized spacial score (nSPS) is 11.8. The van der Waals surface area contributed by atoms with Crippen LogP contribution in [-0.2, 0) is 16.6 Å². The first-order valence-corrected chi connectivity index (χ1v) is 8.75. The topological polar surface area (TPSA) is 72.2 Å². The molecular weight excluding hydrogens is 391 g/mol. The van der Waals surface area contributed by atoms with Gasteiger partial charge in [-0.2, -0.15) is 0 Å². The van der Waals surface area contributed by atoms with E-state index in [1.807, 2.05) is 0 Å². The summed E-state index contributed by atoms with van der Waals surface area (Å²) in [6.45, 7) is 0.0333. The molecule has 2 rings (SSSR count). The molecule has 0 saturated heterocycles. The first kappa shape index (κ1) is 15.7. The predicted molar refractivity (Wildman–Crippen MR) is 81.9 cm³/mol. The highest BCUT2D eigenvalue weighted by Crippen LogP contribution is 2.27. The van der Waals surface area contributed by atoms with Crippen molar-refractivity contribution in [1.29, 1.82) is 0 Å². The molecule has 0 aliphatic rings. The van der Waals surface area contributed by atoms with E-state index >= 15 is 0 Å². The lowest BCUT2D eigenvalue weighted by atomic mass is 10.3. The molecule has 0 saturated carbocycles. The van der Waals surface area contributed by atoms with Crippen LogP contribution in [0, 0.1) is 5.82 Å². The zero-order valence-corrected chi connectivity index (χ0v) is 13.8. The smallest absolute Gasteiger partial charge is 0.243 e. The second kappa shape index (κ2) is 5.98. The minimum Gasteiger partial charge on any atom is -0.399 e. The predicted octanol–water partition coefficient (Wildman–Crippen LogP) is 3.36. The number of halogens is 3. The van der Waals surface area contributed by atoms with Gasteiger partial charge in [-0.3, -0.25) is 0 Å². The number of anilines is 1. The molecule has 1 aromatic heterocycles. The number of benzene rings is 1. The monoisotopic (exact) mass is 398 g/mol. The Kier molecular flexibility index (Phi) is 4.70. The van der Waals surface area contributed by atoms with E-state index in [1.54, 1.807) is 12.1 Å². The fourth-order valence-corrected chi connectivity index (χ4v) is 4.34. The van der Waals surface area contributed by atoms with E-state index in [2.05, 4.69) is 20.7 Å². The SMILES string of the molecule is Nc1cc(Br)c(F)c(S(=O)(=O)NCc2ccc(Cl)s2)c1. The van der Waals surface area contributed by atoms with Crippen molar-refractivity contribution in [2.45, 2.75) is 11.4 Å². The summed E-state index contributed by atoms with van der Waals surface area (Å²) in [5.41, 5.74) is 5.68. The van der Waals surface area contributed by atoms with Crippen LogP contribution in [0.3, 0.4) is 0 Å².